The van der Waals surface area contributed by atoms with Gasteiger partial charge in [-0.1, -0.05) is 35.9 Å². The zero-order valence-corrected chi connectivity index (χ0v) is 18.1. The number of halogens is 2. The molecule has 32 heavy (non-hydrogen) atoms. The monoisotopic (exact) mass is 453 g/mol. The van der Waals surface area contributed by atoms with Crippen molar-refractivity contribution in [2.75, 3.05) is 13.7 Å². The van der Waals surface area contributed by atoms with Crippen molar-refractivity contribution in [3.63, 3.8) is 0 Å². The van der Waals surface area contributed by atoms with Gasteiger partial charge in [0.25, 0.3) is 5.91 Å². The van der Waals surface area contributed by atoms with Crippen LogP contribution < -0.4 is 4.74 Å². The largest absolute Gasteiger partial charge is 0.478 e. The molecule has 2 atom stereocenters. The highest BCUT2D eigenvalue weighted by Gasteiger charge is 2.49. The molecule has 4 rings (SSSR count). The summed E-state index contributed by atoms with van der Waals surface area (Å²) in [5.41, 5.74) is 2.20. The first-order valence-electron chi connectivity index (χ1n) is 10.1. The summed E-state index contributed by atoms with van der Waals surface area (Å²) in [6.07, 6.45) is -0.121. The van der Waals surface area contributed by atoms with Crippen LogP contribution in [0.4, 0.5) is 4.39 Å². The van der Waals surface area contributed by atoms with Crippen LogP contribution in [0, 0.1) is 5.82 Å². The Hall–Kier alpha value is -3.38. The molecule has 0 spiro atoms. The Kier molecular flexibility index (Phi) is 6.42. The van der Waals surface area contributed by atoms with Gasteiger partial charge >= 0.3 is 5.97 Å². The van der Waals surface area contributed by atoms with Crippen LogP contribution in [0.1, 0.15) is 27.5 Å². The number of amides is 1. The first kappa shape index (κ1) is 21.8. The molecule has 0 bridgehead atoms. The van der Waals surface area contributed by atoms with E-state index in [0.717, 1.165) is 11.1 Å². The lowest BCUT2D eigenvalue weighted by Gasteiger charge is -2.47. The summed E-state index contributed by atoms with van der Waals surface area (Å²) < 4.78 is 23.9. The number of esters is 1. The van der Waals surface area contributed by atoms with Crippen LogP contribution in [-0.4, -0.2) is 36.5 Å². The molecule has 1 heterocycles. The van der Waals surface area contributed by atoms with Crippen molar-refractivity contribution in [1.29, 1.82) is 0 Å². The number of hydrogen-bond acceptors (Lipinski definition) is 4. The molecule has 1 fully saturated rings. The molecule has 0 radical (unpaired) electrons. The fraction of sp³-hybridized carbons (Fsp3) is 0.200. The van der Waals surface area contributed by atoms with Crippen molar-refractivity contribution in [3.05, 3.63) is 100 Å². The highest BCUT2D eigenvalue weighted by atomic mass is 35.5. The zero-order valence-electron chi connectivity index (χ0n) is 17.3. The van der Waals surface area contributed by atoms with E-state index in [1.807, 2.05) is 0 Å². The van der Waals surface area contributed by atoms with Crippen LogP contribution in [0.25, 0.3) is 0 Å². The molecule has 0 unspecified atom stereocenters. The minimum atomic E-state index is -0.701. The second kappa shape index (κ2) is 9.40. The first-order valence-corrected chi connectivity index (χ1v) is 10.5. The molecule has 164 valence electrons. The average Bonchev–Trinajstić information content (AvgIpc) is 2.82. The molecule has 3 aromatic rings. The maximum atomic E-state index is 13.2. The molecular weight excluding hydrogens is 433 g/mol. The fourth-order valence-corrected chi connectivity index (χ4v) is 3.86. The van der Waals surface area contributed by atoms with E-state index in [9.17, 15) is 14.0 Å². The minimum absolute atomic E-state index is 0.135. The summed E-state index contributed by atoms with van der Waals surface area (Å²) in [5.74, 6) is -0.316. The summed E-state index contributed by atoms with van der Waals surface area (Å²) in [7, 11) is 1.33. The molecular formula is C25H21ClFNO4. The van der Waals surface area contributed by atoms with Crippen molar-refractivity contribution in [2.24, 2.45) is 0 Å². The van der Waals surface area contributed by atoms with E-state index in [0.29, 0.717) is 29.3 Å². The third-order valence-corrected chi connectivity index (χ3v) is 5.71. The zero-order chi connectivity index (χ0) is 22.7. The van der Waals surface area contributed by atoms with Crippen molar-refractivity contribution >= 4 is 23.5 Å². The van der Waals surface area contributed by atoms with Crippen molar-refractivity contribution in [2.45, 2.75) is 18.6 Å². The van der Waals surface area contributed by atoms with E-state index in [1.165, 1.54) is 19.2 Å². The van der Waals surface area contributed by atoms with Crippen LogP contribution in [0.15, 0.2) is 72.8 Å². The molecule has 0 saturated carbocycles. The van der Waals surface area contributed by atoms with E-state index in [-0.39, 0.29) is 17.8 Å². The number of likely N-dealkylation sites (tertiary alicyclic amines) is 1. The molecule has 3 aromatic carbocycles. The maximum absolute atomic E-state index is 13.2. The Morgan fingerprint density at radius 3 is 2.28 bits per heavy atom. The number of carbonyl (C=O) groups excluding carboxylic acids is 2. The molecule has 1 aliphatic rings. The third kappa shape index (κ3) is 4.60. The normalized spacial score (nSPS) is 17.6. The number of nitrogens with zero attached hydrogens (tertiary/aromatic N) is 1. The van der Waals surface area contributed by atoms with Gasteiger partial charge in [0.15, 0.2) is 0 Å². The lowest BCUT2D eigenvalue weighted by atomic mass is 9.89. The van der Waals surface area contributed by atoms with E-state index in [4.69, 9.17) is 21.1 Å². The number of carbonyl (C=O) groups is 2. The van der Waals surface area contributed by atoms with Crippen molar-refractivity contribution in [1.82, 2.24) is 4.90 Å². The Morgan fingerprint density at radius 2 is 1.66 bits per heavy atom. The van der Waals surface area contributed by atoms with Crippen LogP contribution in [0.2, 0.25) is 5.02 Å². The standard InChI is InChI=1S/C25H21ClFNO4/c1-31-25(30)18-6-4-17(5-7-18)22-23(32-21-12-8-19(26)9-13-21)24(29)28(22)15-14-16-2-10-20(27)11-3-16/h2-13,22-23H,14-15H2,1H3/t22-,23+/m0/s1. The molecule has 1 amide bonds. The Balaban J connectivity index is 1.55. The molecule has 7 heteroatoms. The van der Waals surface area contributed by atoms with Crippen molar-refractivity contribution in [3.8, 4) is 5.75 Å². The topological polar surface area (TPSA) is 55.8 Å². The van der Waals surface area contributed by atoms with Crippen molar-refractivity contribution < 1.29 is 23.5 Å². The Labute approximate surface area is 190 Å². The van der Waals surface area contributed by atoms with Gasteiger partial charge in [-0.3, -0.25) is 4.79 Å². The number of methoxy groups -OCH3 is 1. The van der Waals surface area contributed by atoms with E-state index >= 15 is 0 Å². The number of hydrogen-bond donors (Lipinski definition) is 0. The lowest BCUT2D eigenvalue weighted by molar-refractivity contribution is -0.164. The second-order valence-electron chi connectivity index (χ2n) is 7.46. The summed E-state index contributed by atoms with van der Waals surface area (Å²) in [6, 6.07) is 19.7. The summed E-state index contributed by atoms with van der Waals surface area (Å²) in [5, 5.41) is 0.577. The molecule has 1 aliphatic heterocycles. The highest BCUT2D eigenvalue weighted by Crippen LogP contribution is 2.38. The van der Waals surface area contributed by atoms with Gasteiger partial charge in [-0.25, -0.2) is 9.18 Å². The number of ether oxygens (including phenoxy) is 2. The molecule has 1 saturated heterocycles. The lowest BCUT2D eigenvalue weighted by Crippen LogP contribution is -2.61. The Morgan fingerprint density at radius 1 is 1.00 bits per heavy atom. The SMILES string of the molecule is COC(=O)c1ccc([C@H]2[C@@H](Oc3ccc(Cl)cc3)C(=O)N2CCc2ccc(F)cc2)cc1. The molecule has 0 N–H and O–H groups in total. The Bertz CT molecular complexity index is 1100. The number of rotatable bonds is 7. The van der Waals surface area contributed by atoms with Crippen LogP contribution >= 0.6 is 11.6 Å². The predicted molar refractivity (Wildman–Crippen MR) is 118 cm³/mol. The predicted octanol–water partition coefficient (Wildman–Crippen LogP) is 4.84. The highest BCUT2D eigenvalue weighted by molar-refractivity contribution is 6.30. The fourth-order valence-electron chi connectivity index (χ4n) is 3.73. The first-order chi connectivity index (χ1) is 15.5. The van der Waals surface area contributed by atoms with E-state index in [1.54, 1.807) is 65.6 Å². The van der Waals surface area contributed by atoms with E-state index in [2.05, 4.69) is 0 Å². The smallest absolute Gasteiger partial charge is 0.337 e. The summed E-state index contributed by atoms with van der Waals surface area (Å²) in [4.78, 5) is 26.4. The van der Waals surface area contributed by atoms with Crippen LogP contribution in [0.5, 0.6) is 5.75 Å². The molecule has 5 nitrogen and oxygen atoms in total. The van der Waals surface area contributed by atoms with Crippen LogP contribution in [0.3, 0.4) is 0 Å². The van der Waals surface area contributed by atoms with E-state index < -0.39 is 12.1 Å². The van der Waals surface area contributed by atoms with Gasteiger partial charge in [0, 0.05) is 11.6 Å². The number of β-lactam (4-membered cyclic amide) rings is 1. The van der Waals surface area contributed by atoms with Gasteiger partial charge in [0.05, 0.1) is 12.7 Å². The van der Waals surface area contributed by atoms with Gasteiger partial charge < -0.3 is 14.4 Å². The second-order valence-corrected chi connectivity index (χ2v) is 7.90. The van der Waals surface area contributed by atoms with Gasteiger partial charge in [-0.15, -0.1) is 0 Å². The molecule has 0 aliphatic carbocycles. The quantitative estimate of drug-likeness (QED) is 0.379. The number of benzene rings is 3. The maximum Gasteiger partial charge on any atom is 0.337 e. The molecule has 0 aromatic heterocycles. The summed E-state index contributed by atoms with van der Waals surface area (Å²) >= 11 is 5.94. The van der Waals surface area contributed by atoms with Gasteiger partial charge in [-0.2, -0.15) is 0 Å². The van der Waals surface area contributed by atoms with Gasteiger partial charge in [0.1, 0.15) is 17.6 Å². The van der Waals surface area contributed by atoms with Gasteiger partial charge in [0.2, 0.25) is 6.10 Å². The van der Waals surface area contributed by atoms with Crippen LogP contribution in [-0.2, 0) is 16.0 Å². The third-order valence-electron chi connectivity index (χ3n) is 5.45. The average molecular weight is 454 g/mol. The summed E-state index contributed by atoms with van der Waals surface area (Å²) in [6.45, 7) is 0.453. The minimum Gasteiger partial charge on any atom is -0.478 e. The van der Waals surface area contributed by atoms with Gasteiger partial charge in [-0.05, 0) is 66.1 Å².